The van der Waals surface area contributed by atoms with Crippen molar-refractivity contribution in [2.45, 2.75) is 32.4 Å². The van der Waals surface area contributed by atoms with Gasteiger partial charge in [-0.1, -0.05) is 31.2 Å². The number of carbonyl (C=O) groups excluding carboxylic acids is 1. The number of amides is 1. The minimum Gasteiger partial charge on any atom is -0.453 e. The maximum absolute atomic E-state index is 14.7. The van der Waals surface area contributed by atoms with E-state index in [1.807, 2.05) is 6.07 Å². The van der Waals surface area contributed by atoms with Crippen LogP contribution in [0.3, 0.4) is 0 Å². The van der Waals surface area contributed by atoms with Gasteiger partial charge in [-0.2, -0.15) is 0 Å². The number of likely N-dealkylation sites (tertiary alicyclic amines) is 1. The Hall–Kier alpha value is -3.33. The number of pyridine rings is 1. The van der Waals surface area contributed by atoms with Gasteiger partial charge in [0, 0.05) is 61.0 Å². The van der Waals surface area contributed by atoms with Crippen LogP contribution >= 0.6 is 11.3 Å². The van der Waals surface area contributed by atoms with E-state index in [0.717, 1.165) is 40.3 Å². The zero-order valence-corrected chi connectivity index (χ0v) is 22.1. The third-order valence-electron chi connectivity index (χ3n) is 6.75. The first-order valence-corrected chi connectivity index (χ1v) is 13.3. The fraction of sp³-hybridized carbons (Fsp3) is 0.310. The number of rotatable bonds is 8. The maximum Gasteiger partial charge on any atom is 0.224 e. The Labute approximate surface area is 220 Å². The van der Waals surface area contributed by atoms with Gasteiger partial charge in [0.1, 0.15) is 5.75 Å². The zero-order chi connectivity index (χ0) is 25.9. The van der Waals surface area contributed by atoms with Crippen LogP contribution in [0, 0.1) is 5.82 Å². The van der Waals surface area contributed by atoms with Gasteiger partial charge in [0.25, 0.3) is 0 Å². The molecule has 3 heterocycles. The van der Waals surface area contributed by atoms with Gasteiger partial charge < -0.3 is 15.0 Å². The normalized spacial score (nSPS) is 16.0. The average molecular weight is 519 g/mol. The molecular weight excluding hydrogens is 487 g/mol. The summed E-state index contributed by atoms with van der Waals surface area (Å²) in [5, 5.41) is 2.66. The van der Waals surface area contributed by atoms with Crippen LogP contribution in [0.2, 0.25) is 0 Å². The maximum atomic E-state index is 14.7. The molecule has 8 heteroatoms. The topological polar surface area (TPSA) is 57.7 Å². The number of benzene rings is 2. The molecule has 0 bridgehead atoms. The van der Waals surface area contributed by atoms with Crippen LogP contribution in [-0.2, 0) is 11.3 Å². The molecule has 37 heavy (non-hydrogen) atoms. The summed E-state index contributed by atoms with van der Waals surface area (Å²) >= 11 is 1.58. The van der Waals surface area contributed by atoms with Crippen LogP contribution in [-0.4, -0.2) is 53.9 Å². The highest BCUT2D eigenvalue weighted by molar-refractivity contribution is 7.22. The van der Waals surface area contributed by atoms with Crippen molar-refractivity contribution in [2.24, 2.45) is 0 Å². The predicted molar refractivity (Wildman–Crippen MR) is 148 cm³/mol. The molecule has 1 N–H and O–H groups in total. The highest BCUT2D eigenvalue weighted by Crippen LogP contribution is 2.40. The van der Waals surface area contributed by atoms with Crippen molar-refractivity contribution in [1.82, 2.24) is 14.8 Å². The number of fused-ring (bicyclic) bond motifs is 1. The van der Waals surface area contributed by atoms with Gasteiger partial charge in [-0.15, -0.1) is 11.3 Å². The van der Waals surface area contributed by atoms with E-state index in [1.54, 1.807) is 36.6 Å². The van der Waals surface area contributed by atoms with Gasteiger partial charge in [0.2, 0.25) is 5.91 Å². The molecule has 0 saturated carbocycles. The first kappa shape index (κ1) is 25.3. The van der Waals surface area contributed by atoms with Gasteiger partial charge in [-0.05, 0) is 49.8 Å². The molecule has 192 valence electrons. The number of hydrogen-bond acceptors (Lipinski definition) is 6. The Morgan fingerprint density at radius 1 is 1.16 bits per heavy atom. The zero-order valence-electron chi connectivity index (χ0n) is 21.3. The lowest BCUT2D eigenvalue weighted by molar-refractivity contribution is -0.115. The number of halogens is 1. The van der Waals surface area contributed by atoms with Crippen molar-refractivity contribution >= 4 is 33.1 Å². The van der Waals surface area contributed by atoms with Crippen LogP contribution in [0.4, 0.5) is 10.1 Å². The number of nitrogens with zero attached hydrogens (tertiary/aromatic N) is 3. The van der Waals surface area contributed by atoms with Crippen LogP contribution in [0.25, 0.3) is 20.7 Å². The molecule has 1 atom stereocenters. The molecule has 6 nitrogen and oxygen atoms in total. The molecule has 5 rings (SSSR count). The Morgan fingerprint density at radius 2 is 1.97 bits per heavy atom. The smallest absolute Gasteiger partial charge is 0.224 e. The molecule has 0 aliphatic carbocycles. The molecule has 2 aromatic carbocycles. The second-order valence-corrected chi connectivity index (χ2v) is 10.7. The molecule has 0 radical (unpaired) electrons. The van der Waals surface area contributed by atoms with E-state index in [1.165, 1.54) is 24.1 Å². The summed E-state index contributed by atoms with van der Waals surface area (Å²) in [6.07, 6.45) is 3.21. The molecule has 1 unspecified atom stereocenters. The number of hydrogen-bond donors (Lipinski definition) is 1. The number of aromatic nitrogens is 1. The van der Waals surface area contributed by atoms with Crippen molar-refractivity contribution in [1.29, 1.82) is 0 Å². The second-order valence-electron chi connectivity index (χ2n) is 9.62. The van der Waals surface area contributed by atoms with Crippen LogP contribution < -0.4 is 10.1 Å². The highest BCUT2D eigenvalue weighted by atomic mass is 32.1. The van der Waals surface area contributed by atoms with Crippen molar-refractivity contribution in [2.75, 3.05) is 32.5 Å². The number of thiophene rings is 1. The number of likely N-dealkylation sites (N-methyl/N-ethyl adjacent to an activating group) is 1. The van der Waals surface area contributed by atoms with Crippen LogP contribution in [0.1, 0.15) is 25.3 Å². The fourth-order valence-electron chi connectivity index (χ4n) is 4.58. The molecule has 1 fully saturated rings. The summed E-state index contributed by atoms with van der Waals surface area (Å²) in [5.74, 6) is -0.0653. The minimum atomic E-state index is -0.541. The largest absolute Gasteiger partial charge is 0.453 e. The molecule has 1 amide bonds. The van der Waals surface area contributed by atoms with E-state index in [9.17, 15) is 9.18 Å². The van der Waals surface area contributed by atoms with E-state index < -0.39 is 5.82 Å². The second kappa shape index (κ2) is 11.0. The molecule has 4 aromatic rings. The van der Waals surface area contributed by atoms with E-state index >= 15 is 0 Å². The number of ether oxygens (including phenoxy) is 1. The average Bonchev–Trinajstić information content (AvgIpc) is 3.54. The third kappa shape index (κ3) is 5.82. The summed E-state index contributed by atoms with van der Waals surface area (Å²) in [6, 6.07) is 17.6. The molecular formula is C29H31FN4O2S. The van der Waals surface area contributed by atoms with Gasteiger partial charge in [-0.3, -0.25) is 14.7 Å². The molecule has 1 aliphatic heterocycles. The first-order valence-electron chi connectivity index (χ1n) is 12.5. The number of carbonyl (C=O) groups is 1. The summed E-state index contributed by atoms with van der Waals surface area (Å²) < 4.78 is 21.5. The lowest BCUT2D eigenvalue weighted by Crippen LogP contribution is -2.31. The number of nitrogens with one attached hydrogen (secondary N) is 1. The monoisotopic (exact) mass is 518 g/mol. The summed E-state index contributed by atoms with van der Waals surface area (Å²) in [5.41, 5.74) is 3.63. The van der Waals surface area contributed by atoms with E-state index in [-0.39, 0.29) is 11.7 Å². The van der Waals surface area contributed by atoms with Crippen LogP contribution in [0.5, 0.6) is 11.5 Å². The van der Waals surface area contributed by atoms with E-state index in [4.69, 9.17) is 4.74 Å². The lowest BCUT2D eigenvalue weighted by atomic mass is 10.1. The van der Waals surface area contributed by atoms with Gasteiger partial charge in [-0.25, -0.2) is 4.39 Å². The first-order chi connectivity index (χ1) is 17.9. The Bertz CT molecular complexity index is 1400. The van der Waals surface area contributed by atoms with Crippen molar-refractivity contribution in [3.8, 4) is 21.9 Å². The minimum absolute atomic E-state index is 0.0970. The quantitative estimate of drug-likeness (QED) is 0.293. The van der Waals surface area contributed by atoms with Crippen LogP contribution in [0.15, 0.2) is 60.8 Å². The Balaban J connectivity index is 1.31. The van der Waals surface area contributed by atoms with Gasteiger partial charge in [0.15, 0.2) is 11.6 Å². The van der Waals surface area contributed by atoms with E-state index in [2.05, 4.69) is 58.5 Å². The van der Waals surface area contributed by atoms with Crippen molar-refractivity contribution < 1.29 is 13.9 Å². The standard InChI is InChI=1S/C29H31FN4O2S/c1-4-28(35)32-21-9-10-25(23(30)15-21)36-26-11-13-31-24-16-27(37-29(24)26)20-7-5-19(6-8-20)17-34-14-12-22(18-34)33(2)3/h5-11,13,15-16,22H,4,12,14,17-18H2,1-3H3,(H,32,35). The van der Waals surface area contributed by atoms with E-state index in [0.29, 0.717) is 23.9 Å². The van der Waals surface area contributed by atoms with Crippen molar-refractivity contribution in [3.63, 3.8) is 0 Å². The SMILES string of the molecule is CCC(=O)Nc1ccc(Oc2ccnc3cc(-c4ccc(CN5CCC(N(C)C)C5)cc4)sc23)c(F)c1. The lowest BCUT2D eigenvalue weighted by Gasteiger charge is -2.20. The third-order valence-corrected chi connectivity index (χ3v) is 7.94. The van der Waals surface area contributed by atoms with Crippen molar-refractivity contribution in [3.05, 3.63) is 72.2 Å². The molecule has 1 aliphatic rings. The predicted octanol–water partition coefficient (Wildman–Crippen LogP) is 6.38. The summed E-state index contributed by atoms with van der Waals surface area (Å²) in [7, 11) is 4.31. The molecule has 2 aromatic heterocycles. The van der Waals surface area contributed by atoms with Gasteiger partial charge >= 0.3 is 0 Å². The Morgan fingerprint density at radius 3 is 2.68 bits per heavy atom. The molecule has 1 saturated heterocycles. The molecule has 0 spiro atoms. The summed E-state index contributed by atoms with van der Waals surface area (Å²) in [4.78, 5) is 22.0. The summed E-state index contributed by atoms with van der Waals surface area (Å²) in [6.45, 7) is 4.95. The number of anilines is 1. The highest BCUT2D eigenvalue weighted by Gasteiger charge is 2.23. The fourth-order valence-corrected chi connectivity index (χ4v) is 5.65. The Kier molecular flexibility index (Phi) is 7.50. The van der Waals surface area contributed by atoms with Gasteiger partial charge in [0.05, 0.1) is 10.2 Å².